The number of hydrogen-bond donors (Lipinski definition) is 1. The molecule has 19 heavy (non-hydrogen) atoms. The lowest BCUT2D eigenvalue weighted by Crippen LogP contribution is -2.28. The molecule has 0 saturated carbocycles. The normalized spacial score (nSPS) is 22.8. The van der Waals surface area contributed by atoms with Gasteiger partial charge in [-0.3, -0.25) is 4.90 Å². The SMILES string of the molecule is CCC1c2cc(C(=O)O)ccc2C(C)N1CC(C)C. The molecule has 1 heterocycles. The maximum atomic E-state index is 11.1. The molecular weight excluding hydrogens is 238 g/mol. The lowest BCUT2D eigenvalue weighted by molar-refractivity contribution is 0.0696. The summed E-state index contributed by atoms with van der Waals surface area (Å²) in [4.78, 5) is 13.6. The number of fused-ring (bicyclic) bond motifs is 1. The van der Waals surface area contributed by atoms with Crippen LogP contribution in [0.25, 0.3) is 0 Å². The van der Waals surface area contributed by atoms with E-state index in [1.807, 2.05) is 12.1 Å². The third-order valence-electron chi connectivity index (χ3n) is 4.00. The van der Waals surface area contributed by atoms with E-state index in [9.17, 15) is 4.79 Å². The Bertz CT molecular complexity index is 482. The first-order valence-corrected chi connectivity index (χ1v) is 7.08. The van der Waals surface area contributed by atoms with Crippen LogP contribution in [0.4, 0.5) is 0 Å². The second-order valence-corrected chi connectivity index (χ2v) is 5.84. The Morgan fingerprint density at radius 1 is 1.37 bits per heavy atom. The van der Waals surface area contributed by atoms with Crippen molar-refractivity contribution >= 4 is 5.97 Å². The lowest BCUT2D eigenvalue weighted by Gasteiger charge is -2.29. The van der Waals surface area contributed by atoms with E-state index in [0.717, 1.165) is 13.0 Å². The fourth-order valence-corrected chi connectivity index (χ4v) is 3.17. The highest BCUT2D eigenvalue weighted by atomic mass is 16.4. The van der Waals surface area contributed by atoms with Crippen LogP contribution >= 0.6 is 0 Å². The van der Waals surface area contributed by atoms with Gasteiger partial charge in [-0.25, -0.2) is 4.79 Å². The largest absolute Gasteiger partial charge is 0.478 e. The number of carboxylic acid groups (broad SMARTS) is 1. The van der Waals surface area contributed by atoms with Crippen molar-refractivity contribution in [2.75, 3.05) is 6.54 Å². The van der Waals surface area contributed by atoms with E-state index in [-0.39, 0.29) is 0 Å². The maximum Gasteiger partial charge on any atom is 0.335 e. The van der Waals surface area contributed by atoms with Gasteiger partial charge in [0.25, 0.3) is 0 Å². The molecule has 0 aromatic heterocycles. The Morgan fingerprint density at radius 3 is 2.58 bits per heavy atom. The number of hydrogen-bond acceptors (Lipinski definition) is 2. The number of carbonyl (C=O) groups is 1. The third kappa shape index (κ3) is 2.52. The van der Waals surface area contributed by atoms with Gasteiger partial charge in [0.05, 0.1) is 5.56 Å². The van der Waals surface area contributed by atoms with Crippen LogP contribution < -0.4 is 0 Å². The summed E-state index contributed by atoms with van der Waals surface area (Å²) in [7, 11) is 0. The van der Waals surface area contributed by atoms with Crippen molar-refractivity contribution in [2.45, 2.75) is 46.2 Å². The van der Waals surface area contributed by atoms with Crippen molar-refractivity contribution in [2.24, 2.45) is 5.92 Å². The Kier molecular flexibility index (Phi) is 3.95. The molecule has 3 nitrogen and oxygen atoms in total. The molecule has 1 aromatic rings. The molecule has 1 aliphatic heterocycles. The summed E-state index contributed by atoms with van der Waals surface area (Å²) in [5.74, 6) is -0.225. The zero-order valence-electron chi connectivity index (χ0n) is 12.2. The summed E-state index contributed by atoms with van der Waals surface area (Å²) in [6, 6.07) is 6.31. The number of carboxylic acids is 1. The molecule has 1 N–H and O–H groups in total. The topological polar surface area (TPSA) is 40.5 Å². The minimum atomic E-state index is -0.840. The lowest BCUT2D eigenvalue weighted by atomic mass is 9.98. The first kappa shape index (κ1) is 14.1. The fraction of sp³-hybridized carbons (Fsp3) is 0.562. The molecule has 2 unspecified atom stereocenters. The molecule has 1 aromatic carbocycles. The number of rotatable bonds is 4. The Morgan fingerprint density at radius 2 is 2.05 bits per heavy atom. The van der Waals surface area contributed by atoms with E-state index >= 15 is 0 Å². The first-order chi connectivity index (χ1) is 8.95. The van der Waals surface area contributed by atoms with Crippen molar-refractivity contribution in [1.82, 2.24) is 4.90 Å². The van der Waals surface area contributed by atoms with Gasteiger partial charge in [-0.05, 0) is 42.5 Å². The number of nitrogens with zero attached hydrogens (tertiary/aromatic N) is 1. The molecule has 2 rings (SSSR count). The van der Waals surface area contributed by atoms with E-state index in [0.29, 0.717) is 23.6 Å². The molecule has 0 amide bonds. The van der Waals surface area contributed by atoms with E-state index < -0.39 is 5.97 Å². The summed E-state index contributed by atoms with van der Waals surface area (Å²) in [6.07, 6.45) is 1.02. The van der Waals surface area contributed by atoms with Gasteiger partial charge >= 0.3 is 5.97 Å². The molecule has 0 bridgehead atoms. The van der Waals surface area contributed by atoms with Crippen LogP contribution in [0.2, 0.25) is 0 Å². The Balaban J connectivity index is 2.40. The summed E-state index contributed by atoms with van der Waals surface area (Å²) < 4.78 is 0. The third-order valence-corrected chi connectivity index (χ3v) is 4.00. The van der Waals surface area contributed by atoms with Crippen molar-refractivity contribution in [1.29, 1.82) is 0 Å². The van der Waals surface area contributed by atoms with Crippen LogP contribution in [0.1, 0.15) is 67.7 Å². The van der Waals surface area contributed by atoms with Gasteiger partial charge in [0.1, 0.15) is 0 Å². The molecule has 1 aliphatic rings. The zero-order valence-corrected chi connectivity index (χ0v) is 12.2. The fourth-order valence-electron chi connectivity index (χ4n) is 3.17. The number of aromatic carboxylic acids is 1. The monoisotopic (exact) mass is 261 g/mol. The zero-order chi connectivity index (χ0) is 14.2. The maximum absolute atomic E-state index is 11.1. The quantitative estimate of drug-likeness (QED) is 0.894. The predicted octanol–water partition coefficient (Wildman–Crippen LogP) is 3.87. The minimum absolute atomic E-state index is 0.353. The molecule has 104 valence electrons. The summed E-state index contributed by atoms with van der Waals surface area (Å²) in [6.45, 7) is 9.90. The smallest absolute Gasteiger partial charge is 0.335 e. The van der Waals surface area contributed by atoms with Gasteiger partial charge in [-0.1, -0.05) is 26.8 Å². The van der Waals surface area contributed by atoms with E-state index in [1.54, 1.807) is 6.07 Å². The van der Waals surface area contributed by atoms with Gasteiger partial charge in [0.15, 0.2) is 0 Å². The van der Waals surface area contributed by atoms with Gasteiger partial charge < -0.3 is 5.11 Å². The minimum Gasteiger partial charge on any atom is -0.478 e. The van der Waals surface area contributed by atoms with Gasteiger partial charge in [-0.15, -0.1) is 0 Å². The van der Waals surface area contributed by atoms with Crippen LogP contribution in [0.3, 0.4) is 0 Å². The van der Waals surface area contributed by atoms with Crippen molar-refractivity contribution < 1.29 is 9.90 Å². The van der Waals surface area contributed by atoms with Crippen molar-refractivity contribution in [3.05, 3.63) is 34.9 Å². The molecule has 0 radical (unpaired) electrons. The Hall–Kier alpha value is -1.35. The summed E-state index contributed by atoms with van der Waals surface area (Å²) in [5, 5.41) is 9.14. The van der Waals surface area contributed by atoms with Crippen LogP contribution in [0.5, 0.6) is 0 Å². The molecule has 0 fully saturated rings. The summed E-state index contributed by atoms with van der Waals surface area (Å²) >= 11 is 0. The molecule has 0 spiro atoms. The van der Waals surface area contributed by atoms with Crippen molar-refractivity contribution in [3.8, 4) is 0 Å². The average Bonchev–Trinajstić information content (AvgIpc) is 2.61. The second-order valence-electron chi connectivity index (χ2n) is 5.84. The van der Waals surface area contributed by atoms with Gasteiger partial charge in [-0.2, -0.15) is 0 Å². The molecule has 2 atom stereocenters. The highest BCUT2D eigenvalue weighted by Gasteiger charge is 2.35. The van der Waals surface area contributed by atoms with E-state index in [2.05, 4.69) is 32.6 Å². The first-order valence-electron chi connectivity index (χ1n) is 7.08. The second kappa shape index (κ2) is 5.33. The molecule has 0 saturated heterocycles. The van der Waals surface area contributed by atoms with Crippen LogP contribution in [0, 0.1) is 5.92 Å². The Labute approximate surface area is 115 Å². The van der Waals surface area contributed by atoms with Gasteiger partial charge in [0.2, 0.25) is 0 Å². The highest BCUT2D eigenvalue weighted by Crippen LogP contribution is 2.44. The van der Waals surface area contributed by atoms with E-state index in [4.69, 9.17) is 5.11 Å². The van der Waals surface area contributed by atoms with Gasteiger partial charge in [0, 0.05) is 18.6 Å². The van der Waals surface area contributed by atoms with Crippen LogP contribution in [0.15, 0.2) is 18.2 Å². The average molecular weight is 261 g/mol. The van der Waals surface area contributed by atoms with Crippen LogP contribution in [-0.4, -0.2) is 22.5 Å². The summed E-state index contributed by atoms with van der Waals surface area (Å²) in [5.41, 5.74) is 2.89. The number of benzene rings is 1. The van der Waals surface area contributed by atoms with E-state index in [1.165, 1.54) is 11.1 Å². The standard InChI is InChI=1S/C16H23NO2/c1-5-15-14-8-12(16(18)19)6-7-13(14)11(4)17(15)9-10(2)3/h6-8,10-11,15H,5,9H2,1-4H3,(H,18,19). The highest BCUT2D eigenvalue weighted by molar-refractivity contribution is 5.88. The predicted molar refractivity (Wildman–Crippen MR) is 76.4 cm³/mol. The van der Waals surface area contributed by atoms with Crippen molar-refractivity contribution in [3.63, 3.8) is 0 Å². The molecular formula is C16H23NO2. The van der Waals surface area contributed by atoms with Crippen LogP contribution in [-0.2, 0) is 0 Å². The molecule has 3 heteroatoms. The molecule has 0 aliphatic carbocycles.